The Morgan fingerprint density at radius 3 is 2.80 bits per heavy atom. The molecule has 0 fully saturated rings. The smallest absolute Gasteiger partial charge is 0.147 e. The fourth-order valence-corrected chi connectivity index (χ4v) is 2.05. The van der Waals surface area contributed by atoms with E-state index in [9.17, 15) is 0 Å². The highest BCUT2D eigenvalue weighted by Gasteiger charge is 2.07. The van der Waals surface area contributed by atoms with Crippen LogP contribution in [0, 0.1) is 0 Å². The van der Waals surface area contributed by atoms with E-state index in [-0.39, 0.29) is 6.04 Å². The first-order valence-corrected chi connectivity index (χ1v) is 7.14. The molecule has 5 heteroatoms. The molecule has 0 bridgehead atoms. The quantitative estimate of drug-likeness (QED) is 0.840. The maximum Gasteiger partial charge on any atom is 0.147 e. The van der Waals surface area contributed by atoms with Gasteiger partial charge in [-0.15, -0.1) is 0 Å². The summed E-state index contributed by atoms with van der Waals surface area (Å²) in [5.74, 6) is 1.54. The summed E-state index contributed by atoms with van der Waals surface area (Å²) in [4.78, 5) is 8.67. The normalized spacial score (nSPS) is 11.9. The number of hydrogen-bond donors (Lipinski definition) is 2. The lowest BCUT2D eigenvalue weighted by Crippen LogP contribution is -2.10. The van der Waals surface area contributed by atoms with Crippen LogP contribution in [0.4, 0.5) is 11.6 Å². The Balaban J connectivity index is 2.05. The molecular weight excluding hydrogens is 272 g/mol. The number of nitrogens with zero attached hydrogens (tertiary/aromatic N) is 2. The minimum Gasteiger partial charge on any atom is -0.369 e. The van der Waals surface area contributed by atoms with Crippen molar-refractivity contribution >= 4 is 23.2 Å². The monoisotopic (exact) mass is 290 g/mol. The fourth-order valence-electron chi connectivity index (χ4n) is 1.85. The van der Waals surface area contributed by atoms with Crippen molar-refractivity contribution < 1.29 is 0 Å². The van der Waals surface area contributed by atoms with Gasteiger partial charge in [-0.2, -0.15) is 0 Å². The SMILES string of the molecule is CCCNc1cncc(NC(C)c2cccc(Cl)c2)n1. The van der Waals surface area contributed by atoms with E-state index >= 15 is 0 Å². The number of halogens is 1. The summed E-state index contributed by atoms with van der Waals surface area (Å²) < 4.78 is 0. The van der Waals surface area contributed by atoms with Crippen LogP contribution in [0.3, 0.4) is 0 Å². The molecule has 106 valence electrons. The summed E-state index contributed by atoms with van der Waals surface area (Å²) in [6.07, 6.45) is 4.50. The highest BCUT2D eigenvalue weighted by molar-refractivity contribution is 6.30. The summed E-state index contributed by atoms with van der Waals surface area (Å²) >= 11 is 6.01. The molecule has 0 spiro atoms. The first-order valence-electron chi connectivity index (χ1n) is 6.77. The maximum atomic E-state index is 6.01. The van der Waals surface area contributed by atoms with Crippen molar-refractivity contribution in [1.82, 2.24) is 9.97 Å². The molecule has 0 saturated heterocycles. The van der Waals surface area contributed by atoms with Gasteiger partial charge in [-0.05, 0) is 31.0 Å². The van der Waals surface area contributed by atoms with Crippen LogP contribution in [0.1, 0.15) is 31.9 Å². The molecule has 0 amide bonds. The van der Waals surface area contributed by atoms with Gasteiger partial charge in [-0.1, -0.05) is 30.7 Å². The third-order valence-corrected chi connectivity index (χ3v) is 3.14. The fraction of sp³-hybridized carbons (Fsp3) is 0.333. The number of rotatable bonds is 6. The summed E-state index contributed by atoms with van der Waals surface area (Å²) in [6.45, 7) is 5.07. The molecular formula is C15H19ClN4. The molecule has 0 aliphatic heterocycles. The Kier molecular flexibility index (Phi) is 5.18. The van der Waals surface area contributed by atoms with Gasteiger partial charge in [0.15, 0.2) is 0 Å². The van der Waals surface area contributed by atoms with Crippen LogP contribution in [-0.2, 0) is 0 Å². The number of benzene rings is 1. The minimum atomic E-state index is 0.115. The number of hydrogen-bond acceptors (Lipinski definition) is 4. The van der Waals surface area contributed by atoms with E-state index in [0.29, 0.717) is 0 Å². The molecule has 1 unspecified atom stereocenters. The predicted molar refractivity (Wildman–Crippen MR) is 84.3 cm³/mol. The lowest BCUT2D eigenvalue weighted by Gasteiger charge is -2.15. The van der Waals surface area contributed by atoms with Crippen molar-refractivity contribution in [3.05, 3.63) is 47.2 Å². The summed E-state index contributed by atoms with van der Waals surface area (Å²) in [6, 6.07) is 7.92. The van der Waals surface area contributed by atoms with Crippen molar-refractivity contribution in [1.29, 1.82) is 0 Å². The van der Waals surface area contributed by atoms with Crippen LogP contribution in [0.15, 0.2) is 36.7 Å². The second-order valence-electron chi connectivity index (χ2n) is 4.64. The average Bonchev–Trinajstić information content (AvgIpc) is 2.45. The molecule has 1 heterocycles. The van der Waals surface area contributed by atoms with E-state index < -0.39 is 0 Å². The predicted octanol–water partition coefficient (Wildman–Crippen LogP) is 4.13. The van der Waals surface area contributed by atoms with Crippen LogP contribution in [0.2, 0.25) is 5.02 Å². The Hall–Kier alpha value is -1.81. The third kappa shape index (κ3) is 4.10. The van der Waals surface area contributed by atoms with Crippen molar-refractivity contribution in [3.8, 4) is 0 Å². The summed E-state index contributed by atoms with van der Waals surface area (Å²) in [7, 11) is 0. The molecule has 4 nitrogen and oxygen atoms in total. The standard InChI is InChI=1S/C15H19ClN4/c1-3-7-18-14-9-17-10-15(20-14)19-11(2)12-5-4-6-13(16)8-12/h4-6,8-11H,3,7H2,1-2H3,(H2,18,19,20). The van der Waals surface area contributed by atoms with Crippen LogP contribution in [-0.4, -0.2) is 16.5 Å². The van der Waals surface area contributed by atoms with E-state index in [1.54, 1.807) is 12.4 Å². The second kappa shape index (κ2) is 7.10. The van der Waals surface area contributed by atoms with Crippen molar-refractivity contribution in [2.24, 2.45) is 0 Å². The van der Waals surface area contributed by atoms with Crippen molar-refractivity contribution in [2.75, 3.05) is 17.2 Å². The van der Waals surface area contributed by atoms with E-state index in [1.807, 2.05) is 24.3 Å². The Bertz CT molecular complexity index is 559. The van der Waals surface area contributed by atoms with Crippen molar-refractivity contribution in [3.63, 3.8) is 0 Å². The first-order chi connectivity index (χ1) is 9.69. The molecule has 2 aromatic rings. The van der Waals surface area contributed by atoms with E-state index in [0.717, 1.165) is 35.2 Å². The molecule has 0 radical (unpaired) electrons. The zero-order valence-corrected chi connectivity index (χ0v) is 12.5. The summed E-state index contributed by atoms with van der Waals surface area (Å²) in [5, 5.41) is 7.29. The van der Waals surface area contributed by atoms with Crippen LogP contribution in [0.25, 0.3) is 0 Å². The van der Waals surface area contributed by atoms with Gasteiger partial charge in [0.2, 0.25) is 0 Å². The van der Waals surface area contributed by atoms with Gasteiger partial charge in [0.05, 0.1) is 18.4 Å². The lowest BCUT2D eigenvalue weighted by atomic mass is 10.1. The summed E-state index contributed by atoms with van der Waals surface area (Å²) in [5.41, 5.74) is 1.12. The molecule has 1 atom stereocenters. The second-order valence-corrected chi connectivity index (χ2v) is 5.07. The van der Waals surface area contributed by atoms with E-state index in [1.165, 1.54) is 0 Å². The third-order valence-electron chi connectivity index (χ3n) is 2.90. The Morgan fingerprint density at radius 1 is 1.25 bits per heavy atom. The molecule has 1 aromatic heterocycles. The first kappa shape index (κ1) is 14.6. The van der Waals surface area contributed by atoms with Gasteiger partial charge < -0.3 is 10.6 Å². The molecule has 1 aromatic carbocycles. The van der Waals surface area contributed by atoms with Crippen LogP contribution in [0.5, 0.6) is 0 Å². The minimum absolute atomic E-state index is 0.115. The van der Waals surface area contributed by atoms with Gasteiger partial charge in [0.25, 0.3) is 0 Å². The highest BCUT2D eigenvalue weighted by Crippen LogP contribution is 2.21. The highest BCUT2D eigenvalue weighted by atomic mass is 35.5. The zero-order chi connectivity index (χ0) is 14.4. The van der Waals surface area contributed by atoms with E-state index in [2.05, 4.69) is 34.4 Å². The van der Waals surface area contributed by atoms with Gasteiger partial charge in [-0.3, -0.25) is 4.98 Å². The Morgan fingerprint density at radius 2 is 2.05 bits per heavy atom. The average molecular weight is 291 g/mol. The van der Waals surface area contributed by atoms with Gasteiger partial charge in [0, 0.05) is 11.6 Å². The Labute approximate surface area is 124 Å². The largest absolute Gasteiger partial charge is 0.369 e. The molecule has 20 heavy (non-hydrogen) atoms. The molecule has 0 aliphatic rings. The molecule has 2 rings (SSSR count). The van der Waals surface area contributed by atoms with Crippen molar-refractivity contribution in [2.45, 2.75) is 26.3 Å². The molecule has 0 aliphatic carbocycles. The van der Waals surface area contributed by atoms with Crippen LogP contribution >= 0.6 is 11.6 Å². The van der Waals surface area contributed by atoms with E-state index in [4.69, 9.17) is 11.6 Å². The maximum absolute atomic E-state index is 6.01. The van der Waals surface area contributed by atoms with Gasteiger partial charge >= 0.3 is 0 Å². The van der Waals surface area contributed by atoms with Gasteiger partial charge in [0.1, 0.15) is 11.6 Å². The number of nitrogens with one attached hydrogen (secondary N) is 2. The molecule has 2 N–H and O–H groups in total. The topological polar surface area (TPSA) is 49.8 Å². The lowest BCUT2D eigenvalue weighted by molar-refractivity contribution is 0.870. The number of anilines is 2. The zero-order valence-electron chi connectivity index (χ0n) is 11.7. The number of aromatic nitrogens is 2. The molecule has 0 saturated carbocycles. The van der Waals surface area contributed by atoms with Gasteiger partial charge in [-0.25, -0.2) is 4.98 Å². The van der Waals surface area contributed by atoms with Crippen LogP contribution < -0.4 is 10.6 Å².